The number of carbonyl (C=O) groups is 1. The molecule has 0 spiro atoms. The van der Waals surface area contributed by atoms with E-state index in [2.05, 4.69) is 10.3 Å². The van der Waals surface area contributed by atoms with Crippen LogP contribution >= 0.6 is 11.3 Å². The SMILES string of the molecule is NC1(C(=O)Nc2ncc(Cc3cccc(F)c3)s2)CCOCC1. The van der Waals surface area contributed by atoms with Crippen LogP contribution in [0.4, 0.5) is 9.52 Å². The standard InChI is InChI=1S/C16H18FN3O2S/c17-12-3-1-2-11(8-12)9-13-10-19-15(23-13)20-14(21)16(18)4-6-22-7-5-16/h1-3,8,10H,4-7,9,18H2,(H,19,20,21). The number of benzene rings is 1. The van der Waals surface area contributed by atoms with E-state index in [1.54, 1.807) is 12.3 Å². The smallest absolute Gasteiger partial charge is 0.246 e. The minimum absolute atomic E-state index is 0.229. The van der Waals surface area contributed by atoms with Gasteiger partial charge in [-0.2, -0.15) is 0 Å². The van der Waals surface area contributed by atoms with Gasteiger partial charge in [-0.1, -0.05) is 12.1 Å². The predicted molar refractivity (Wildman–Crippen MR) is 86.9 cm³/mol. The van der Waals surface area contributed by atoms with Gasteiger partial charge in [-0.05, 0) is 30.5 Å². The molecule has 1 fully saturated rings. The second-order valence-corrected chi connectivity index (χ2v) is 6.78. The van der Waals surface area contributed by atoms with Gasteiger partial charge in [0.15, 0.2) is 5.13 Å². The normalized spacial score (nSPS) is 17.0. The second kappa shape index (κ2) is 6.74. The van der Waals surface area contributed by atoms with E-state index in [0.29, 0.717) is 37.6 Å². The van der Waals surface area contributed by atoms with Crippen LogP contribution in [0.1, 0.15) is 23.3 Å². The molecule has 1 aliphatic heterocycles. The van der Waals surface area contributed by atoms with E-state index in [0.717, 1.165) is 10.4 Å². The summed E-state index contributed by atoms with van der Waals surface area (Å²) in [5.74, 6) is -0.488. The highest BCUT2D eigenvalue weighted by Crippen LogP contribution is 2.24. The molecular weight excluding hydrogens is 317 g/mol. The Balaban J connectivity index is 1.64. The van der Waals surface area contributed by atoms with Gasteiger partial charge in [-0.25, -0.2) is 9.37 Å². The molecule has 2 aromatic rings. The van der Waals surface area contributed by atoms with Crippen molar-refractivity contribution in [2.75, 3.05) is 18.5 Å². The topological polar surface area (TPSA) is 77.2 Å². The van der Waals surface area contributed by atoms with Crippen LogP contribution in [-0.2, 0) is 16.0 Å². The number of nitrogens with one attached hydrogen (secondary N) is 1. The quantitative estimate of drug-likeness (QED) is 0.899. The van der Waals surface area contributed by atoms with Crippen molar-refractivity contribution in [1.82, 2.24) is 4.98 Å². The van der Waals surface area contributed by atoms with Crippen LogP contribution in [0.15, 0.2) is 30.5 Å². The Bertz CT molecular complexity index is 698. The van der Waals surface area contributed by atoms with E-state index < -0.39 is 5.54 Å². The second-order valence-electron chi connectivity index (χ2n) is 5.66. The largest absolute Gasteiger partial charge is 0.381 e. The number of carbonyl (C=O) groups excluding carboxylic acids is 1. The zero-order valence-corrected chi connectivity index (χ0v) is 13.4. The van der Waals surface area contributed by atoms with Gasteiger partial charge >= 0.3 is 0 Å². The average molecular weight is 335 g/mol. The fraction of sp³-hybridized carbons (Fsp3) is 0.375. The van der Waals surface area contributed by atoms with Crippen molar-refractivity contribution in [1.29, 1.82) is 0 Å². The lowest BCUT2D eigenvalue weighted by molar-refractivity contribution is -0.124. The van der Waals surface area contributed by atoms with Crippen LogP contribution < -0.4 is 11.1 Å². The van der Waals surface area contributed by atoms with E-state index in [9.17, 15) is 9.18 Å². The van der Waals surface area contributed by atoms with E-state index >= 15 is 0 Å². The molecule has 1 saturated heterocycles. The molecule has 1 amide bonds. The maximum absolute atomic E-state index is 13.2. The monoisotopic (exact) mass is 335 g/mol. The molecule has 2 heterocycles. The summed E-state index contributed by atoms with van der Waals surface area (Å²) in [5, 5.41) is 3.30. The molecule has 0 bridgehead atoms. The van der Waals surface area contributed by atoms with Crippen molar-refractivity contribution in [3.63, 3.8) is 0 Å². The van der Waals surface area contributed by atoms with Gasteiger partial charge in [0.05, 0.1) is 0 Å². The predicted octanol–water partition coefficient (Wildman–Crippen LogP) is 2.32. The number of nitrogens with two attached hydrogens (primary N) is 1. The number of aromatic nitrogens is 1. The van der Waals surface area contributed by atoms with Crippen molar-refractivity contribution in [3.05, 3.63) is 46.7 Å². The minimum atomic E-state index is -0.896. The van der Waals surface area contributed by atoms with E-state index in [4.69, 9.17) is 10.5 Å². The highest BCUT2D eigenvalue weighted by atomic mass is 32.1. The third-order valence-corrected chi connectivity index (χ3v) is 4.79. The Morgan fingerprint density at radius 2 is 2.22 bits per heavy atom. The number of halogens is 1. The van der Waals surface area contributed by atoms with Gasteiger partial charge in [-0.15, -0.1) is 11.3 Å². The fourth-order valence-electron chi connectivity index (χ4n) is 2.48. The summed E-state index contributed by atoms with van der Waals surface area (Å²) in [4.78, 5) is 17.5. The van der Waals surface area contributed by atoms with Crippen LogP contribution in [0.3, 0.4) is 0 Å². The third kappa shape index (κ3) is 3.93. The number of hydrogen-bond donors (Lipinski definition) is 2. The highest BCUT2D eigenvalue weighted by molar-refractivity contribution is 7.15. The summed E-state index contributed by atoms with van der Waals surface area (Å²) < 4.78 is 18.4. The van der Waals surface area contributed by atoms with Crippen LogP contribution in [0.2, 0.25) is 0 Å². The molecular formula is C16H18FN3O2S. The van der Waals surface area contributed by atoms with Crippen molar-refractivity contribution in [2.45, 2.75) is 24.8 Å². The van der Waals surface area contributed by atoms with E-state index in [-0.39, 0.29) is 11.7 Å². The van der Waals surface area contributed by atoms with E-state index in [1.165, 1.54) is 23.5 Å². The van der Waals surface area contributed by atoms with Gasteiger partial charge in [0.25, 0.3) is 0 Å². The Labute approximate surface area is 137 Å². The van der Waals surface area contributed by atoms with Gasteiger partial charge in [-0.3, -0.25) is 4.79 Å². The van der Waals surface area contributed by atoms with Gasteiger partial charge in [0.1, 0.15) is 11.4 Å². The Kier molecular flexibility index (Phi) is 4.70. The van der Waals surface area contributed by atoms with Crippen molar-refractivity contribution < 1.29 is 13.9 Å². The Morgan fingerprint density at radius 3 is 2.96 bits per heavy atom. The first-order valence-electron chi connectivity index (χ1n) is 7.42. The lowest BCUT2D eigenvalue weighted by Crippen LogP contribution is -2.54. The molecule has 23 heavy (non-hydrogen) atoms. The summed E-state index contributed by atoms with van der Waals surface area (Å²) in [6.07, 6.45) is 3.27. The number of nitrogens with zero attached hydrogens (tertiary/aromatic N) is 1. The van der Waals surface area contributed by atoms with Crippen molar-refractivity contribution in [3.8, 4) is 0 Å². The molecule has 1 aromatic heterocycles. The number of anilines is 1. The van der Waals surface area contributed by atoms with Crippen LogP contribution in [0, 0.1) is 5.82 Å². The first-order valence-corrected chi connectivity index (χ1v) is 8.24. The van der Waals surface area contributed by atoms with Crippen molar-refractivity contribution in [2.24, 2.45) is 5.73 Å². The summed E-state index contributed by atoms with van der Waals surface area (Å²) in [5.41, 5.74) is 6.11. The minimum Gasteiger partial charge on any atom is -0.381 e. The molecule has 1 aromatic carbocycles. The summed E-state index contributed by atoms with van der Waals surface area (Å²) in [6.45, 7) is 0.985. The summed E-state index contributed by atoms with van der Waals surface area (Å²) in [6, 6.07) is 6.45. The maximum Gasteiger partial charge on any atom is 0.246 e. The highest BCUT2D eigenvalue weighted by Gasteiger charge is 2.36. The lowest BCUT2D eigenvalue weighted by atomic mass is 9.90. The number of hydrogen-bond acceptors (Lipinski definition) is 5. The molecule has 3 rings (SSSR count). The molecule has 7 heteroatoms. The molecule has 1 aliphatic rings. The zero-order chi connectivity index (χ0) is 16.3. The number of rotatable bonds is 4. The summed E-state index contributed by atoms with van der Waals surface area (Å²) >= 11 is 1.37. The molecule has 0 unspecified atom stereocenters. The molecule has 122 valence electrons. The van der Waals surface area contributed by atoms with Crippen molar-refractivity contribution >= 4 is 22.4 Å². The number of amides is 1. The molecule has 0 aliphatic carbocycles. The lowest BCUT2D eigenvalue weighted by Gasteiger charge is -2.31. The first kappa shape index (κ1) is 16.0. The summed E-state index contributed by atoms with van der Waals surface area (Å²) in [7, 11) is 0. The molecule has 3 N–H and O–H groups in total. The molecule has 0 radical (unpaired) electrons. The molecule has 5 nitrogen and oxygen atoms in total. The van der Waals surface area contributed by atoms with Gasteiger partial charge in [0, 0.05) is 30.7 Å². The van der Waals surface area contributed by atoms with E-state index in [1.807, 2.05) is 6.07 Å². The average Bonchev–Trinajstić information content (AvgIpc) is 2.95. The Hall–Kier alpha value is -1.83. The van der Waals surface area contributed by atoms with Crippen LogP contribution in [0.5, 0.6) is 0 Å². The molecule has 0 saturated carbocycles. The third-order valence-electron chi connectivity index (χ3n) is 3.88. The zero-order valence-electron chi connectivity index (χ0n) is 12.5. The molecule has 0 atom stereocenters. The number of thiazole rings is 1. The number of ether oxygens (including phenoxy) is 1. The Morgan fingerprint density at radius 1 is 1.43 bits per heavy atom. The first-order chi connectivity index (χ1) is 11.0. The van der Waals surface area contributed by atoms with Gasteiger partial charge < -0.3 is 15.8 Å². The van der Waals surface area contributed by atoms with Crippen LogP contribution in [-0.4, -0.2) is 29.6 Å². The maximum atomic E-state index is 13.2. The van der Waals surface area contributed by atoms with Gasteiger partial charge in [0.2, 0.25) is 5.91 Å². The van der Waals surface area contributed by atoms with Crippen LogP contribution in [0.25, 0.3) is 0 Å². The fourth-order valence-corrected chi connectivity index (χ4v) is 3.32.